The number of cyclic esters (lactones) is 1. The number of esters is 1. The molecule has 0 radical (unpaired) electrons. The van der Waals surface area contributed by atoms with Gasteiger partial charge in [0, 0.05) is 38.3 Å². The van der Waals surface area contributed by atoms with Crippen LogP contribution in [0.1, 0.15) is 81.1 Å². The van der Waals surface area contributed by atoms with Crippen LogP contribution in [0.15, 0.2) is 35.2 Å². The van der Waals surface area contributed by atoms with Crippen molar-refractivity contribution in [3.63, 3.8) is 0 Å². The maximum Gasteiger partial charge on any atom is 0.311 e. The maximum absolute atomic E-state index is 14.2. The number of ether oxygens (including phenoxy) is 7. The van der Waals surface area contributed by atoms with Gasteiger partial charge in [-0.1, -0.05) is 39.0 Å². The van der Waals surface area contributed by atoms with Crippen LogP contribution >= 0.6 is 0 Å². The molecule has 4 aliphatic heterocycles. The molecule has 320 valence electrons. The second-order valence-electron chi connectivity index (χ2n) is 16.7. The van der Waals surface area contributed by atoms with E-state index in [1.165, 1.54) is 26.2 Å². The van der Waals surface area contributed by atoms with E-state index in [1.807, 2.05) is 6.92 Å². The molecule has 0 aromatic heterocycles. The highest BCUT2D eigenvalue weighted by Gasteiger charge is 2.57. The Labute approximate surface area is 329 Å². The highest BCUT2D eigenvalue weighted by atomic mass is 32.2. The van der Waals surface area contributed by atoms with E-state index in [-0.39, 0.29) is 30.7 Å². The number of carbonyl (C=O) groups is 1. The molecule has 7 N–H and O–H groups in total. The normalized spacial score (nSPS) is 47.0. The lowest BCUT2D eigenvalue weighted by Crippen LogP contribution is -2.61. The SMILES string of the molecule is CC[C@@H]1OC(=O)[C@H](C)[C@H](O[C@H]2C[C@@](C)(OC)[C@@H](O)[C@H](C)O2)[C@H](C)[C@@H](O[C@@H]2O[C@H](O)C[C@H](NS(=O)(=O)c3ccccc3)[C@H]2O)[C@](C)(O)C[C@@H](C)C2(O)NC[C@@]1(C)O2. The molecule has 17 nitrogen and oxygen atoms in total. The summed E-state index contributed by atoms with van der Waals surface area (Å²) < 4.78 is 71.9. The zero-order valence-electron chi connectivity index (χ0n) is 33.7. The molecule has 18 heteroatoms. The Morgan fingerprint density at radius 1 is 0.982 bits per heavy atom. The predicted molar refractivity (Wildman–Crippen MR) is 198 cm³/mol. The Balaban J connectivity index is 1.55. The highest BCUT2D eigenvalue weighted by Crippen LogP contribution is 2.43. The van der Waals surface area contributed by atoms with Gasteiger partial charge < -0.3 is 58.7 Å². The number of carbonyl (C=O) groups excluding carboxylic acids is 1. The molecule has 17 atom stereocenters. The number of nitrogens with one attached hydrogen (secondary N) is 2. The van der Waals surface area contributed by atoms with Gasteiger partial charge in [-0.2, -0.15) is 0 Å². The van der Waals surface area contributed by atoms with E-state index in [4.69, 9.17) is 33.2 Å². The van der Waals surface area contributed by atoms with E-state index in [0.717, 1.165) is 0 Å². The molecule has 0 saturated carbocycles. The number of sulfonamides is 1. The Bertz CT molecular complexity index is 1610. The number of hydrogen-bond acceptors (Lipinski definition) is 16. The molecule has 56 heavy (non-hydrogen) atoms. The first-order valence-corrected chi connectivity index (χ1v) is 20.9. The molecule has 0 spiro atoms. The molecule has 4 heterocycles. The number of hydrogen-bond donors (Lipinski definition) is 7. The fourth-order valence-electron chi connectivity index (χ4n) is 8.63. The van der Waals surface area contributed by atoms with Crippen molar-refractivity contribution >= 4 is 16.0 Å². The summed E-state index contributed by atoms with van der Waals surface area (Å²) in [6.07, 6.45) is -11.3. The van der Waals surface area contributed by atoms with Crippen molar-refractivity contribution in [1.29, 1.82) is 0 Å². The van der Waals surface area contributed by atoms with Crippen LogP contribution < -0.4 is 10.0 Å². The average Bonchev–Trinajstić information content (AvgIpc) is 3.47. The number of methoxy groups -OCH3 is 1. The molecule has 4 fully saturated rings. The van der Waals surface area contributed by atoms with Crippen molar-refractivity contribution in [1.82, 2.24) is 10.0 Å². The van der Waals surface area contributed by atoms with E-state index in [0.29, 0.717) is 6.42 Å². The topological polar surface area (TPSA) is 241 Å². The monoisotopic (exact) mass is 818 g/mol. The summed E-state index contributed by atoms with van der Waals surface area (Å²) in [6, 6.07) is 6.22. The molecule has 4 saturated heterocycles. The lowest BCUT2D eigenvalue weighted by atomic mass is 9.77. The minimum Gasteiger partial charge on any atom is -0.459 e. The van der Waals surface area contributed by atoms with Gasteiger partial charge in [0.2, 0.25) is 15.9 Å². The average molecular weight is 819 g/mol. The van der Waals surface area contributed by atoms with E-state index in [2.05, 4.69) is 10.0 Å². The number of aliphatic hydroxyl groups is 5. The van der Waals surface area contributed by atoms with Crippen LogP contribution in [0, 0.1) is 17.8 Å². The second-order valence-corrected chi connectivity index (χ2v) is 18.4. The highest BCUT2D eigenvalue weighted by molar-refractivity contribution is 7.89. The third-order valence-corrected chi connectivity index (χ3v) is 13.6. The van der Waals surface area contributed by atoms with Crippen molar-refractivity contribution in [2.24, 2.45) is 17.8 Å². The van der Waals surface area contributed by atoms with E-state index >= 15 is 0 Å². The van der Waals surface area contributed by atoms with Crippen LogP contribution in [0.3, 0.4) is 0 Å². The first-order chi connectivity index (χ1) is 26.0. The molecule has 1 aromatic carbocycles. The summed E-state index contributed by atoms with van der Waals surface area (Å²) in [4.78, 5) is 14.1. The van der Waals surface area contributed by atoms with E-state index in [1.54, 1.807) is 59.7 Å². The van der Waals surface area contributed by atoms with Crippen LogP contribution in [0.4, 0.5) is 0 Å². The molecule has 5 rings (SSSR count). The van der Waals surface area contributed by atoms with Crippen LogP contribution in [0.25, 0.3) is 0 Å². The summed E-state index contributed by atoms with van der Waals surface area (Å²) in [5, 5.41) is 60.6. The lowest BCUT2D eigenvalue weighted by Gasteiger charge is -2.48. The second kappa shape index (κ2) is 17.0. The molecule has 1 unspecified atom stereocenters. The fraction of sp³-hybridized carbons (Fsp3) is 0.816. The summed E-state index contributed by atoms with van der Waals surface area (Å²) in [6.45, 7) is 13.4. The molecular weight excluding hydrogens is 756 g/mol. The lowest BCUT2D eigenvalue weighted by molar-refractivity contribution is -0.334. The molecule has 4 aliphatic rings. The summed E-state index contributed by atoms with van der Waals surface area (Å²) in [5.74, 6) is -5.53. The zero-order valence-corrected chi connectivity index (χ0v) is 34.5. The number of rotatable bonds is 9. The quantitative estimate of drug-likeness (QED) is 0.171. The van der Waals surface area contributed by atoms with Gasteiger partial charge in [-0.3, -0.25) is 10.1 Å². The Kier molecular flexibility index (Phi) is 13.7. The number of benzene rings is 1. The molecule has 0 aliphatic carbocycles. The van der Waals surface area contributed by atoms with E-state index in [9.17, 15) is 38.7 Å². The summed E-state index contributed by atoms with van der Waals surface area (Å²) in [7, 11) is -2.71. The molecule has 2 bridgehead atoms. The first-order valence-electron chi connectivity index (χ1n) is 19.4. The van der Waals surface area contributed by atoms with Crippen LogP contribution in [0.5, 0.6) is 0 Å². The minimum absolute atomic E-state index is 0.0566. The minimum atomic E-state index is -4.17. The fourth-order valence-corrected chi connectivity index (χ4v) is 9.92. The molecule has 1 aromatic rings. The van der Waals surface area contributed by atoms with Gasteiger partial charge in [-0.25, -0.2) is 13.1 Å². The Morgan fingerprint density at radius 3 is 2.27 bits per heavy atom. The van der Waals surface area contributed by atoms with Gasteiger partial charge in [0.25, 0.3) is 0 Å². The first kappa shape index (κ1) is 45.2. The third kappa shape index (κ3) is 9.28. The van der Waals surface area contributed by atoms with Gasteiger partial charge in [0.1, 0.15) is 23.9 Å². The van der Waals surface area contributed by atoms with Crippen LogP contribution in [-0.4, -0.2) is 138 Å². The van der Waals surface area contributed by atoms with Crippen LogP contribution in [0.2, 0.25) is 0 Å². The Hall–Kier alpha value is -1.88. The van der Waals surface area contributed by atoms with Crippen molar-refractivity contribution in [2.45, 2.75) is 170 Å². The molecule has 0 amide bonds. The van der Waals surface area contributed by atoms with Gasteiger partial charge in [-0.05, 0) is 59.6 Å². The van der Waals surface area contributed by atoms with Gasteiger partial charge >= 0.3 is 5.97 Å². The van der Waals surface area contributed by atoms with Crippen molar-refractivity contribution in [3.8, 4) is 0 Å². The van der Waals surface area contributed by atoms with Gasteiger partial charge in [0.05, 0.1) is 46.4 Å². The standard InChI is InChI=1S/C38H62N2O15S/c1-10-26-37(8)19-39-38(46,55-37)20(2)17-35(6,45)32(54-34-29(42)25(16-27(41)52-34)40-56(47,48)24-14-12-11-13-15-24)21(3)30(22(4)33(44)51-26)53-28-18-36(7,49-9)31(43)23(5)50-28/h11-15,20-23,25-32,34,39-43,45-46H,10,16-19H2,1-9H3/t20-,21+,22-,23+,25+,26+,27+,28+,29-,30-,31+,32-,34+,35-,36-,37-,38?/m1/s1. The van der Waals surface area contributed by atoms with Crippen molar-refractivity contribution < 1.29 is 71.9 Å². The summed E-state index contributed by atoms with van der Waals surface area (Å²) >= 11 is 0. The predicted octanol–water partition coefficient (Wildman–Crippen LogP) is 0.840. The smallest absolute Gasteiger partial charge is 0.311 e. The van der Waals surface area contributed by atoms with E-state index < -0.39 is 118 Å². The van der Waals surface area contributed by atoms with Gasteiger partial charge in [0.15, 0.2) is 18.9 Å². The van der Waals surface area contributed by atoms with Crippen molar-refractivity contribution in [3.05, 3.63) is 30.3 Å². The van der Waals surface area contributed by atoms with Crippen LogP contribution in [-0.2, 0) is 48.0 Å². The summed E-state index contributed by atoms with van der Waals surface area (Å²) in [5.41, 5.74) is -4.18. The molecular formula is C38H62N2O15S. The van der Waals surface area contributed by atoms with Crippen molar-refractivity contribution in [2.75, 3.05) is 13.7 Å². The largest absolute Gasteiger partial charge is 0.459 e. The number of aliphatic hydroxyl groups excluding tert-OH is 3. The maximum atomic E-state index is 14.2. The zero-order chi connectivity index (χ0) is 41.6. The third-order valence-electron chi connectivity index (χ3n) is 12.1. The van der Waals surface area contributed by atoms with Gasteiger partial charge in [-0.15, -0.1) is 0 Å². The number of fused-ring (bicyclic) bond motifs is 2. The Morgan fingerprint density at radius 2 is 1.64 bits per heavy atom.